The highest BCUT2D eigenvalue weighted by Crippen LogP contribution is 2.23. The molecule has 0 heterocycles. The Morgan fingerprint density at radius 1 is 1.14 bits per heavy atom. The third-order valence-electron chi connectivity index (χ3n) is 3.90. The number of hydrogen-bond acceptors (Lipinski definition) is 6. The zero-order chi connectivity index (χ0) is 21.8. The van der Waals surface area contributed by atoms with Crippen LogP contribution in [0.25, 0.3) is 0 Å². The number of aliphatic hydroxyl groups is 1. The molecule has 7 nitrogen and oxygen atoms in total. The van der Waals surface area contributed by atoms with E-state index in [9.17, 15) is 18.3 Å². The van der Waals surface area contributed by atoms with Crippen molar-refractivity contribution >= 4 is 16.2 Å². The van der Waals surface area contributed by atoms with Gasteiger partial charge in [0.1, 0.15) is 16.2 Å². The van der Waals surface area contributed by atoms with Gasteiger partial charge in [-0.3, -0.25) is 0 Å². The van der Waals surface area contributed by atoms with Gasteiger partial charge >= 0.3 is 16.2 Å². The van der Waals surface area contributed by atoms with Crippen molar-refractivity contribution in [3.8, 4) is 5.75 Å². The lowest BCUT2D eigenvalue weighted by Gasteiger charge is -2.26. The van der Waals surface area contributed by atoms with Gasteiger partial charge in [0, 0.05) is 7.05 Å². The molecule has 1 amide bonds. The number of carbonyl (C=O) groups is 1. The molecule has 8 heteroatoms. The number of benzene rings is 2. The number of amides is 1. The van der Waals surface area contributed by atoms with Crippen LogP contribution in [0.4, 0.5) is 4.79 Å². The summed E-state index contributed by atoms with van der Waals surface area (Å²) in [6.45, 7) is 7.11. The molecule has 1 N–H and O–H groups in total. The average Bonchev–Trinajstić information content (AvgIpc) is 2.60. The van der Waals surface area contributed by atoms with Crippen molar-refractivity contribution in [2.45, 2.75) is 44.3 Å². The van der Waals surface area contributed by atoms with E-state index in [2.05, 4.69) is 0 Å². The Hall–Kier alpha value is -2.58. The highest BCUT2D eigenvalue weighted by molar-refractivity contribution is 7.87. The number of likely N-dealkylation sites (N-methyl/N-ethyl adjacent to an activating group) is 1. The van der Waals surface area contributed by atoms with Crippen LogP contribution in [-0.2, 0) is 14.9 Å². The van der Waals surface area contributed by atoms with Gasteiger partial charge in [0.15, 0.2) is 0 Å². The molecule has 0 saturated carbocycles. The summed E-state index contributed by atoms with van der Waals surface area (Å²) in [4.78, 5) is 13.4. The number of carbonyl (C=O) groups excluding carboxylic acids is 1. The average molecular weight is 422 g/mol. The van der Waals surface area contributed by atoms with E-state index >= 15 is 0 Å². The molecule has 2 aromatic rings. The summed E-state index contributed by atoms with van der Waals surface area (Å²) < 4.78 is 35.2. The summed E-state index contributed by atoms with van der Waals surface area (Å²) in [6, 6.07) is 12.4. The number of rotatable bonds is 6. The van der Waals surface area contributed by atoms with Gasteiger partial charge in [-0.15, -0.1) is 0 Å². The highest BCUT2D eigenvalue weighted by Gasteiger charge is 2.22. The summed E-state index contributed by atoms with van der Waals surface area (Å²) in [7, 11) is -2.42. The van der Waals surface area contributed by atoms with Gasteiger partial charge in [0.2, 0.25) is 0 Å². The summed E-state index contributed by atoms with van der Waals surface area (Å²) >= 11 is 0. The smallest absolute Gasteiger partial charge is 0.410 e. The van der Waals surface area contributed by atoms with E-state index < -0.39 is 27.9 Å². The second-order valence-electron chi connectivity index (χ2n) is 7.80. The molecule has 0 bridgehead atoms. The predicted octanol–water partition coefficient (Wildman–Crippen LogP) is 3.66. The first-order chi connectivity index (χ1) is 13.4. The van der Waals surface area contributed by atoms with Crippen molar-refractivity contribution in [2.75, 3.05) is 13.6 Å². The molecule has 0 saturated heterocycles. The maximum Gasteiger partial charge on any atom is 0.410 e. The van der Waals surface area contributed by atoms with Gasteiger partial charge in [0.25, 0.3) is 0 Å². The van der Waals surface area contributed by atoms with Crippen LogP contribution in [0, 0.1) is 6.92 Å². The molecule has 1 atom stereocenters. The quantitative estimate of drug-likeness (QED) is 0.716. The number of aliphatic hydroxyl groups excluding tert-OH is 1. The zero-order valence-corrected chi connectivity index (χ0v) is 18.1. The molecular weight excluding hydrogens is 394 g/mol. The Kier molecular flexibility index (Phi) is 6.92. The summed E-state index contributed by atoms with van der Waals surface area (Å²) in [5.41, 5.74) is 0.695. The molecule has 2 aromatic carbocycles. The zero-order valence-electron chi connectivity index (χ0n) is 17.2. The Morgan fingerprint density at radius 3 is 2.31 bits per heavy atom. The standard InChI is InChI=1S/C21H27NO6S/c1-15-7-6-8-18(13-15)29(25,26)28-17-11-9-16(10-12-17)19(23)14-22(5)20(24)27-21(2,3)4/h6-13,19,23H,14H2,1-5H3. The number of aryl methyl sites for hydroxylation is 1. The Bertz CT molecular complexity index is 948. The van der Waals surface area contributed by atoms with E-state index in [0.717, 1.165) is 5.56 Å². The van der Waals surface area contributed by atoms with Crippen molar-refractivity contribution in [3.05, 3.63) is 59.7 Å². The van der Waals surface area contributed by atoms with Crippen molar-refractivity contribution < 1.29 is 27.2 Å². The molecule has 0 fully saturated rings. The van der Waals surface area contributed by atoms with Crippen LogP contribution in [0.5, 0.6) is 5.75 Å². The topological polar surface area (TPSA) is 93.1 Å². The van der Waals surface area contributed by atoms with Crippen molar-refractivity contribution in [1.29, 1.82) is 0 Å². The fraction of sp³-hybridized carbons (Fsp3) is 0.381. The molecule has 0 aliphatic rings. The van der Waals surface area contributed by atoms with Crippen molar-refractivity contribution in [1.82, 2.24) is 4.90 Å². The van der Waals surface area contributed by atoms with Crippen LogP contribution in [0.15, 0.2) is 53.4 Å². The van der Waals surface area contributed by atoms with E-state index in [0.29, 0.717) is 5.56 Å². The fourth-order valence-electron chi connectivity index (χ4n) is 2.47. The molecule has 0 aliphatic carbocycles. The minimum absolute atomic E-state index is 0.0245. The Balaban J connectivity index is 2.03. The lowest BCUT2D eigenvalue weighted by molar-refractivity contribution is 0.0205. The molecule has 0 aliphatic heterocycles. The van der Waals surface area contributed by atoms with E-state index in [4.69, 9.17) is 8.92 Å². The largest absolute Gasteiger partial charge is 0.444 e. The molecule has 158 valence electrons. The van der Waals surface area contributed by atoms with Gasteiger partial charge in [-0.1, -0.05) is 24.3 Å². The second kappa shape index (κ2) is 8.84. The number of nitrogens with zero attached hydrogens (tertiary/aromatic N) is 1. The minimum Gasteiger partial charge on any atom is -0.444 e. The predicted molar refractivity (Wildman–Crippen MR) is 109 cm³/mol. The third-order valence-corrected chi connectivity index (χ3v) is 5.14. The number of ether oxygens (including phenoxy) is 1. The van der Waals surface area contributed by atoms with Gasteiger partial charge in [0.05, 0.1) is 12.6 Å². The molecule has 0 aromatic heterocycles. The van der Waals surface area contributed by atoms with Gasteiger partial charge < -0.3 is 18.9 Å². The first-order valence-corrected chi connectivity index (χ1v) is 10.5. The van der Waals surface area contributed by atoms with E-state index in [1.54, 1.807) is 52.0 Å². The molecular formula is C21H27NO6S. The molecule has 1 unspecified atom stereocenters. The van der Waals surface area contributed by atoms with E-state index in [1.165, 1.54) is 36.2 Å². The maximum absolute atomic E-state index is 12.4. The van der Waals surface area contributed by atoms with Crippen LogP contribution >= 0.6 is 0 Å². The van der Waals surface area contributed by atoms with Crippen LogP contribution in [0.2, 0.25) is 0 Å². The van der Waals surface area contributed by atoms with Crippen molar-refractivity contribution in [2.24, 2.45) is 0 Å². The first kappa shape index (κ1) is 22.7. The summed E-state index contributed by atoms with van der Waals surface area (Å²) in [6.07, 6.45) is -1.50. The first-order valence-electron chi connectivity index (χ1n) is 9.11. The lowest BCUT2D eigenvalue weighted by atomic mass is 10.1. The highest BCUT2D eigenvalue weighted by atomic mass is 32.2. The molecule has 0 radical (unpaired) electrons. The van der Waals surface area contributed by atoms with E-state index in [-0.39, 0.29) is 17.2 Å². The SMILES string of the molecule is Cc1cccc(S(=O)(=O)Oc2ccc(C(O)CN(C)C(=O)OC(C)(C)C)cc2)c1. The minimum atomic E-state index is -3.95. The molecule has 29 heavy (non-hydrogen) atoms. The van der Waals surface area contributed by atoms with E-state index in [1.807, 2.05) is 0 Å². The second-order valence-corrected chi connectivity index (χ2v) is 9.35. The van der Waals surface area contributed by atoms with Crippen LogP contribution in [0.1, 0.15) is 38.0 Å². The molecule has 0 spiro atoms. The summed E-state index contributed by atoms with van der Waals surface area (Å²) in [5, 5.41) is 10.4. The van der Waals surface area contributed by atoms with Crippen LogP contribution in [0.3, 0.4) is 0 Å². The van der Waals surface area contributed by atoms with Crippen LogP contribution < -0.4 is 4.18 Å². The van der Waals surface area contributed by atoms with Gasteiger partial charge in [-0.25, -0.2) is 4.79 Å². The fourth-order valence-corrected chi connectivity index (χ4v) is 3.51. The van der Waals surface area contributed by atoms with Crippen LogP contribution in [-0.4, -0.2) is 43.7 Å². The van der Waals surface area contributed by atoms with Gasteiger partial charge in [-0.05, 0) is 63.1 Å². The van der Waals surface area contributed by atoms with Crippen molar-refractivity contribution in [3.63, 3.8) is 0 Å². The lowest BCUT2D eigenvalue weighted by Crippen LogP contribution is -2.36. The number of hydrogen-bond donors (Lipinski definition) is 1. The Morgan fingerprint density at radius 2 is 1.76 bits per heavy atom. The normalized spacial score (nSPS) is 12.9. The Labute approximate surface area is 172 Å². The summed E-state index contributed by atoms with van der Waals surface area (Å²) in [5.74, 6) is 0.128. The third kappa shape index (κ3) is 6.76. The maximum atomic E-state index is 12.4. The molecule has 2 rings (SSSR count). The van der Waals surface area contributed by atoms with Gasteiger partial charge in [-0.2, -0.15) is 8.42 Å². The monoisotopic (exact) mass is 421 g/mol.